The van der Waals surface area contributed by atoms with E-state index in [4.69, 9.17) is 0 Å². The molecule has 0 radical (unpaired) electrons. The highest BCUT2D eigenvalue weighted by Crippen LogP contribution is 2.35. The van der Waals surface area contributed by atoms with Crippen LogP contribution in [0.4, 0.5) is 10.1 Å². The first-order chi connectivity index (χ1) is 9.49. The zero-order valence-electron chi connectivity index (χ0n) is 10.9. The molecular formula is C14H16FNO4. The Morgan fingerprint density at radius 3 is 2.65 bits per heavy atom. The third-order valence-electron chi connectivity index (χ3n) is 3.96. The number of nitro benzene ring substituents is 1. The second-order valence-corrected chi connectivity index (χ2v) is 5.22. The summed E-state index contributed by atoms with van der Waals surface area (Å²) in [5, 5.41) is 20.3. The van der Waals surface area contributed by atoms with Gasteiger partial charge < -0.3 is 5.11 Å². The van der Waals surface area contributed by atoms with E-state index in [2.05, 4.69) is 0 Å². The molecule has 0 saturated heterocycles. The summed E-state index contributed by atoms with van der Waals surface area (Å²) in [6.07, 6.45) is 3.62. The fourth-order valence-electron chi connectivity index (χ4n) is 2.95. The van der Waals surface area contributed by atoms with Crippen LogP contribution in [0.25, 0.3) is 0 Å². The predicted octanol–water partition coefficient (Wildman–Crippen LogP) is 3.17. The van der Waals surface area contributed by atoms with Crippen LogP contribution in [-0.2, 0) is 11.2 Å². The lowest BCUT2D eigenvalue weighted by Crippen LogP contribution is -2.24. The van der Waals surface area contributed by atoms with Gasteiger partial charge in [0.05, 0.1) is 10.8 Å². The number of aliphatic carboxylic acids is 1. The molecule has 0 heterocycles. The Labute approximate surface area is 115 Å². The van der Waals surface area contributed by atoms with Crippen LogP contribution in [0.1, 0.15) is 31.2 Å². The monoisotopic (exact) mass is 281 g/mol. The van der Waals surface area contributed by atoms with Gasteiger partial charge in [0.2, 0.25) is 0 Å². The summed E-state index contributed by atoms with van der Waals surface area (Å²) >= 11 is 0. The minimum atomic E-state index is -0.963. The molecule has 1 saturated carbocycles. The van der Waals surface area contributed by atoms with Crippen LogP contribution in [0.2, 0.25) is 0 Å². The van der Waals surface area contributed by atoms with Crippen molar-refractivity contribution in [1.29, 1.82) is 0 Å². The van der Waals surface area contributed by atoms with E-state index in [1.54, 1.807) is 0 Å². The van der Waals surface area contributed by atoms with Gasteiger partial charge in [-0.3, -0.25) is 14.9 Å². The summed E-state index contributed by atoms with van der Waals surface area (Å²) in [5.41, 5.74) is -0.0510. The van der Waals surface area contributed by atoms with E-state index < -0.39 is 22.6 Å². The van der Waals surface area contributed by atoms with Gasteiger partial charge in [-0.2, -0.15) is 0 Å². The summed E-state index contributed by atoms with van der Waals surface area (Å²) in [6.45, 7) is 0. The molecular weight excluding hydrogens is 265 g/mol. The van der Waals surface area contributed by atoms with Crippen LogP contribution in [-0.4, -0.2) is 16.0 Å². The number of nitrogens with zero attached hydrogens (tertiary/aromatic N) is 1. The van der Waals surface area contributed by atoms with Gasteiger partial charge in [0, 0.05) is 11.6 Å². The zero-order chi connectivity index (χ0) is 14.7. The molecule has 1 aromatic carbocycles. The van der Waals surface area contributed by atoms with Gasteiger partial charge in [-0.05, 0) is 37.3 Å². The highest BCUT2D eigenvalue weighted by Gasteiger charge is 2.32. The first kappa shape index (κ1) is 14.4. The maximum atomic E-state index is 13.3. The Balaban J connectivity index is 2.28. The number of carbonyl (C=O) groups is 1. The predicted molar refractivity (Wildman–Crippen MR) is 69.8 cm³/mol. The Morgan fingerprint density at radius 2 is 2.10 bits per heavy atom. The molecule has 0 bridgehead atoms. The number of nitro groups is 1. The van der Waals surface area contributed by atoms with E-state index in [1.807, 2.05) is 0 Å². The molecule has 1 aliphatic rings. The molecule has 1 N–H and O–H groups in total. The molecule has 0 spiro atoms. The van der Waals surface area contributed by atoms with Crippen LogP contribution in [0, 0.1) is 27.8 Å². The first-order valence-corrected chi connectivity index (χ1v) is 6.64. The molecule has 1 atom stereocenters. The Kier molecular flexibility index (Phi) is 4.32. The smallest absolute Gasteiger partial charge is 0.307 e. The topological polar surface area (TPSA) is 80.4 Å². The van der Waals surface area contributed by atoms with Gasteiger partial charge in [0.15, 0.2) is 0 Å². The van der Waals surface area contributed by atoms with Crippen molar-refractivity contribution in [3.05, 3.63) is 39.7 Å². The minimum Gasteiger partial charge on any atom is -0.481 e. The van der Waals surface area contributed by atoms with E-state index in [9.17, 15) is 24.4 Å². The summed E-state index contributed by atoms with van der Waals surface area (Å²) in [4.78, 5) is 21.7. The minimum absolute atomic E-state index is 0.00801. The summed E-state index contributed by atoms with van der Waals surface area (Å²) in [6, 6.07) is 3.19. The van der Waals surface area contributed by atoms with Crippen molar-refractivity contribution < 1.29 is 19.2 Å². The fraction of sp³-hybridized carbons (Fsp3) is 0.500. The van der Waals surface area contributed by atoms with Gasteiger partial charge in [-0.15, -0.1) is 0 Å². The van der Waals surface area contributed by atoms with E-state index in [0.29, 0.717) is 0 Å². The highest BCUT2D eigenvalue weighted by molar-refractivity contribution is 5.71. The Bertz CT molecular complexity index is 526. The molecule has 1 aliphatic carbocycles. The number of carboxylic acids is 1. The third-order valence-corrected chi connectivity index (χ3v) is 3.96. The fourth-order valence-corrected chi connectivity index (χ4v) is 2.95. The molecule has 20 heavy (non-hydrogen) atoms. The SMILES string of the molecule is O=C(O)C(Cc1cc(F)ccc1[N+](=O)[O-])C1CCCC1. The lowest BCUT2D eigenvalue weighted by atomic mass is 9.85. The Hall–Kier alpha value is -1.98. The molecule has 5 nitrogen and oxygen atoms in total. The molecule has 2 rings (SSSR count). The van der Waals surface area contributed by atoms with Crippen LogP contribution in [0.15, 0.2) is 18.2 Å². The Morgan fingerprint density at radius 1 is 1.45 bits per heavy atom. The maximum Gasteiger partial charge on any atom is 0.307 e. The molecule has 0 aliphatic heterocycles. The van der Waals surface area contributed by atoms with Crippen molar-refractivity contribution >= 4 is 11.7 Å². The van der Waals surface area contributed by atoms with Crippen molar-refractivity contribution in [1.82, 2.24) is 0 Å². The standard InChI is InChI=1S/C14H16FNO4/c15-11-5-6-13(16(19)20)10(7-11)8-12(14(17)18)9-3-1-2-4-9/h5-7,9,12H,1-4,8H2,(H,17,18). The van der Waals surface area contributed by atoms with E-state index >= 15 is 0 Å². The third kappa shape index (κ3) is 3.12. The average molecular weight is 281 g/mol. The molecule has 1 aromatic rings. The largest absolute Gasteiger partial charge is 0.481 e. The van der Waals surface area contributed by atoms with Crippen LogP contribution >= 0.6 is 0 Å². The molecule has 108 valence electrons. The molecule has 0 aromatic heterocycles. The molecule has 1 fully saturated rings. The zero-order valence-corrected chi connectivity index (χ0v) is 10.9. The van der Waals surface area contributed by atoms with Crippen LogP contribution < -0.4 is 0 Å². The maximum absolute atomic E-state index is 13.3. The van der Waals surface area contributed by atoms with Gasteiger partial charge in [-0.1, -0.05) is 12.8 Å². The van der Waals surface area contributed by atoms with Gasteiger partial charge in [0.25, 0.3) is 5.69 Å². The van der Waals surface area contributed by atoms with Crippen molar-refractivity contribution in [3.8, 4) is 0 Å². The normalized spacial score (nSPS) is 17.1. The number of halogens is 1. The van der Waals surface area contributed by atoms with Gasteiger partial charge in [0.1, 0.15) is 5.82 Å². The summed E-state index contributed by atoms with van der Waals surface area (Å²) < 4.78 is 13.3. The van der Waals surface area contributed by atoms with Crippen LogP contribution in [0.3, 0.4) is 0 Å². The van der Waals surface area contributed by atoms with Crippen LogP contribution in [0.5, 0.6) is 0 Å². The second-order valence-electron chi connectivity index (χ2n) is 5.22. The number of carboxylic acid groups (broad SMARTS) is 1. The van der Waals surface area contributed by atoms with Crippen molar-refractivity contribution in [2.75, 3.05) is 0 Å². The second kappa shape index (κ2) is 5.98. The van der Waals surface area contributed by atoms with Gasteiger partial charge in [-0.25, -0.2) is 4.39 Å². The average Bonchev–Trinajstić information content (AvgIpc) is 2.88. The summed E-state index contributed by atoms with van der Waals surface area (Å²) in [7, 11) is 0. The lowest BCUT2D eigenvalue weighted by Gasteiger charge is -2.19. The number of benzene rings is 1. The van der Waals surface area contributed by atoms with Crippen molar-refractivity contribution in [2.45, 2.75) is 32.1 Å². The van der Waals surface area contributed by atoms with E-state index in [0.717, 1.165) is 43.9 Å². The molecule has 1 unspecified atom stereocenters. The quantitative estimate of drug-likeness (QED) is 0.664. The van der Waals surface area contributed by atoms with E-state index in [-0.39, 0.29) is 23.6 Å². The molecule has 6 heteroatoms. The highest BCUT2D eigenvalue weighted by atomic mass is 19.1. The first-order valence-electron chi connectivity index (χ1n) is 6.64. The molecule has 0 amide bonds. The van der Waals surface area contributed by atoms with Gasteiger partial charge >= 0.3 is 5.97 Å². The van der Waals surface area contributed by atoms with E-state index in [1.165, 1.54) is 0 Å². The number of hydrogen-bond donors (Lipinski definition) is 1. The van der Waals surface area contributed by atoms with Crippen molar-refractivity contribution in [3.63, 3.8) is 0 Å². The number of hydrogen-bond acceptors (Lipinski definition) is 3. The lowest BCUT2D eigenvalue weighted by molar-refractivity contribution is -0.385. The summed E-state index contributed by atoms with van der Waals surface area (Å²) in [5.74, 6) is -2.20. The van der Waals surface area contributed by atoms with Crippen molar-refractivity contribution in [2.24, 2.45) is 11.8 Å². The number of rotatable bonds is 5.